The molecule has 2 aromatic rings. The minimum atomic E-state index is 0.678. The quantitative estimate of drug-likeness (QED) is 0.845. The number of aryl methyl sites for hydroxylation is 2. The third-order valence-corrected chi connectivity index (χ3v) is 3.29. The number of hydrogen-bond acceptors (Lipinski definition) is 3. The van der Waals surface area contributed by atoms with Gasteiger partial charge >= 0.3 is 0 Å². The Hall–Kier alpha value is -1.43. The smallest absolute Gasteiger partial charge is 0.195 e. The molecule has 0 bridgehead atoms. The molecule has 0 saturated heterocycles. The molecule has 0 saturated carbocycles. The van der Waals surface area contributed by atoms with Crippen molar-refractivity contribution in [3.8, 4) is 0 Å². The third kappa shape index (κ3) is 2.31. The Labute approximate surface area is 105 Å². The van der Waals surface area contributed by atoms with Crippen LogP contribution in [0.5, 0.6) is 0 Å². The highest BCUT2D eigenvalue weighted by molar-refractivity contribution is 7.71. The van der Waals surface area contributed by atoms with Crippen molar-refractivity contribution in [1.82, 2.24) is 24.5 Å². The highest BCUT2D eigenvalue weighted by atomic mass is 32.1. The Balaban J connectivity index is 2.32. The molecule has 2 aromatic heterocycles. The molecule has 0 spiro atoms. The summed E-state index contributed by atoms with van der Waals surface area (Å²) in [6.45, 7) is 4.94. The van der Waals surface area contributed by atoms with Crippen LogP contribution in [0.25, 0.3) is 0 Å². The molecular formula is C11H17N5S. The summed E-state index contributed by atoms with van der Waals surface area (Å²) < 4.78 is 4.60. The van der Waals surface area contributed by atoms with Gasteiger partial charge < -0.3 is 0 Å². The van der Waals surface area contributed by atoms with Crippen molar-refractivity contribution in [2.24, 2.45) is 7.05 Å². The number of nitrogens with zero attached hydrogens (tertiary/aromatic N) is 4. The third-order valence-electron chi connectivity index (χ3n) is 2.98. The van der Waals surface area contributed by atoms with E-state index in [0.29, 0.717) is 4.77 Å². The SMILES string of the molecule is CCCc1n[nH]c(=S)n1Cc1cnn(C)c1C. The van der Waals surface area contributed by atoms with E-state index >= 15 is 0 Å². The zero-order valence-corrected chi connectivity index (χ0v) is 11.2. The maximum Gasteiger partial charge on any atom is 0.195 e. The van der Waals surface area contributed by atoms with Gasteiger partial charge in [-0.2, -0.15) is 10.2 Å². The fourth-order valence-corrected chi connectivity index (χ4v) is 2.01. The molecule has 2 heterocycles. The zero-order valence-electron chi connectivity index (χ0n) is 10.4. The molecule has 1 N–H and O–H groups in total. The van der Waals surface area contributed by atoms with E-state index in [1.54, 1.807) is 0 Å². The molecule has 0 aliphatic heterocycles. The lowest BCUT2D eigenvalue weighted by Gasteiger charge is -2.05. The number of H-pyrrole nitrogens is 1. The van der Waals surface area contributed by atoms with Gasteiger partial charge in [0.05, 0.1) is 12.7 Å². The lowest BCUT2D eigenvalue weighted by molar-refractivity contribution is 0.691. The first kappa shape index (κ1) is 12.0. The average molecular weight is 251 g/mol. The Bertz CT molecular complexity index is 563. The van der Waals surface area contributed by atoms with Crippen LogP contribution in [0.4, 0.5) is 0 Å². The van der Waals surface area contributed by atoms with Gasteiger partial charge in [0, 0.05) is 24.7 Å². The molecule has 0 unspecified atom stereocenters. The molecule has 0 atom stereocenters. The number of nitrogens with one attached hydrogen (secondary N) is 1. The molecule has 0 radical (unpaired) electrons. The van der Waals surface area contributed by atoms with Crippen LogP contribution < -0.4 is 0 Å². The highest BCUT2D eigenvalue weighted by Gasteiger charge is 2.09. The van der Waals surface area contributed by atoms with Gasteiger partial charge in [0.25, 0.3) is 0 Å². The van der Waals surface area contributed by atoms with Crippen LogP contribution in [-0.2, 0) is 20.0 Å². The first-order chi connectivity index (χ1) is 8.13. The summed E-state index contributed by atoms with van der Waals surface area (Å²) >= 11 is 5.25. The molecule has 92 valence electrons. The van der Waals surface area contributed by atoms with E-state index in [-0.39, 0.29) is 0 Å². The number of rotatable bonds is 4. The van der Waals surface area contributed by atoms with Crippen molar-refractivity contribution in [2.75, 3.05) is 0 Å². The monoisotopic (exact) mass is 251 g/mol. The fraction of sp³-hybridized carbons (Fsp3) is 0.545. The van der Waals surface area contributed by atoms with E-state index < -0.39 is 0 Å². The zero-order chi connectivity index (χ0) is 12.4. The molecule has 2 rings (SSSR count). The van der Waals surface area contributed by atoms with E-state index in [1.807, 2.05) is 22.5 Å². The summed E-state index contributed by atoms with van der Waals surface area (Å²) in [5.41, 5.74) is 2.35. The van der Waals surface area contributed by atoms with Crippen LogP contribution in [0.2, 0.25) is 0 Å². The van der Waals surface area contributed by atoms with Crippen molar-refractivity contribution in [1.29, 1.82) is 0 Å². The second-order valence-corrected chi connectivity index (χ2v) is 4.55. The second kappa shape index (κ2) is 4.83. The summed E-state index contributed by atoms with van der Waals surface area (Å²) in [7, 11) is 1.94. The molecule has 0 amide bonds. The van der Waals surface area contributed by atoms with Crippen LogP contribution in [0.1, 0.15) is 30.4 Å². The maximum absolute atomic E-state index is 5.25. The molecule has 5 nitrogen and oxygen atoms in total. The van der Waals surface area contributed by atoms with Crippen molar-refractivity contribution in [2.45, 2.75) is 33.2 Å². The Morgan fingerprint density at radius 3 is 2.82 bits per heavy atom. The van der Waals surface area contributed by atoms with Gasteiger partial charge in [-0.25, -0.2) is 0 Å². The van der Waals surface area contributed by atoms with Gasteiger partial charge in [0.2, 0.25) is 0 Å². The van der Waals surface area contributed by atoms with Crippen LogP contribution in [-0.4, -0.2) is 24.5 Å². The van der Waals surface area contributed by atoms with Gasteiger partial charge in [-0.05, 0) is 25.6 Å². The number of hydrogen-bond donors (Lipinski definition) is 1. The molecular weight excluding hydrogens is 234 g/mol. The summed E-state index contributed by atoms with van der Waals surface area (Å²) in [5, 5.41) is 11.4. The summed E-state index contributed by atoms with van der Waals surface area (Å²) in [5.74, 6) is 1.01. The minimum Gasteiger partial charge on any atom is -0.300 e. The molecule has 6 heteroatoms. The first-order valence-electron chi connectivity index (χ1n) is 5.75. The lowest BCUT2D eigenvalue weighted by Crippen LogP contribution is -2.06. The lowest BCUT2D eigenvalue weighted by atomic mass is 10.2. The van der Waals surface area contributed by atoms with Gasteiger partial charge in [-0.3, -0.25) is 14.3 Å². The van der Waals surface area contributed by atoms with E-state index in [4.69, 9.17) is 12.2 Å². The van der Waals surface area contributed by atoms with E-state index in [9.17, 15) is 0 Å². The highest BCUT2D eigenvalue weighted by Crippen LogP contribution is 2.10. The summed E-state index contributed by atoms with van der Waals surface area (Å²) in [6, 6.07) is 0. The van der Waals surface area contributed by atoms with Gasteiger partial charge in [-0.1, -0.05) is 6.92 Å². The molecule has 0 fully saturated rings. The molecule has 17 heavy (non-hydrogen) atoms. The second-order valence-electron chi connectivity index (χ2n) is 4.16. The largest absolute Gasteiger partial charge is 0.300 e. The van der Waals surface area contributed by atoms with Crippen molar-refractivity contribution in [3.63, 3.8) is 0 Å². The fourth-order valence-electron chi connectivity index (χ4n) is 1.80. The Kier molecular flexibility index (Phi) is 3.42. The Morgan fingerprint density at radius 2 is 2.24 bits per heavy atom. The molecule has 0 aliphatic carbocycles. The minimum absolute atomic E-state index is 0.678. The van der Waals surface area contributed by atoms with Crippen LogP contribution >= 0.6 is 12.2 Å². The van der Waals surface area contributed by atoms with Crippen LogP contribution in [0.15, 0.2) is 6.20 Å². The van der Waals surface area contributed by atoms with Crippen molar-refractivity contribution < 1.29 is 0 Å². The summed E-state index contributed by atoms with van der Waals surface area (Å²) in [6.07, 6.45) is 3.89. The van der Waals surface area contributed by atoms with Crippen LogP contribution in [0, 0.1) is 11.7 Å². The molecule has 0 aliphatic rings. The predicted molar refractivity (Wildman–Crippen MR) is 68.5 cm³/mol. The predicted octanol–water partition coefficient (Wildman–Crippen LogP) is 1.98. The van der Waals surface area contributed by atoms with Crippen LogP contribution in [0.3, 0.4) is 0 Å². The summed E-state index contributed by atoms with van der Waals surface area (Å²) in [4.78, 5) is 0. The normalized spacial score (nSPS) is 11.0. The Morgan fingerprint density at radius 1 is 1.47 bits per heavy atom. The average Bonchev–Trinajstić information content (AvgIpc) is 2.80. The molecule has 0 aromatic carbocycles. The topological polar surface area (TPSA) is 51.4 Å². The van der Waals surface area contributed by atoms with Gasteiger partial charge in [0.15, 0.2) is 4.77 Å². The van der Waals surface area contributed by atoms with E-state index in [0.717, 1.165) is 30.9 Å². The van der Waals surface area contributed by atoms with Crippen molar-refractivity contribution >= 4 is 12.2 Å². The maximum atomic E-state index is 5.25. The van der Waals surface area contributed by atoms with E-state index in [1.165, 1.54) is 5.56 Å². The van der Waals surface area contributed by atoms with E-state index in [2.05, 4.69) is 29.1 Å². The first-order valence-corrected chi connectivity index (χ1v) is 6.15. The number of aromatic amines is 1. The van der Waals surface area contributed by atoms with Gasteiger partial charge in [-0.15, -0.1) is 0 Å². The number of aromatic nitrogens is 5. The standard InChI is InChI=1S/C11H17N5S/c1-4-5-10-13-14-11(17)16(10)7-9-6-12-15(3)8(9)2/h6H,4-5,7H2,1-3H3,(H,14,17). The van der Waals surface area contributed by atoms with Crippen molar-refractivity contribution in [3.05, 3.63) is 28.0 Å². The van der Waals surface area contributed by atoms with Gasteiger partial charge in [0.1, 0.15) is 5.82 Å².